The van der Waals surface area contributed by atoms with Gasteiger partial charge in [-0.05, 0) is 42.5 Å². The molecule has 0 spiro atoms. The minimum atomic E-state index is -4.04. The van der Waals surface area contributed by atoms with Gasteiger partial charge in [-0.2, -0.15) is 0 Å². The van der Waals surface area contributed by atoms with E-state index < -0.39 is 21.7 Å². The van der Waals surface area contributed by atoms with Crippen LogP contribution in [0.5, 0.6) is 0 Å². The summed E-state index contributed by atoms with van der Waals surface area (Å²) in [6.45, 7) is -0.0336. The summed E-state index contributed by atoms with van der Waals surface area (Å²) in [7, 11) is -4.04. The highest BCUT2D eigenvalue weighted by Gasteiger charge is 2.17. The van der Waals surface area contributed by atoms with E-state index in [0.29, 0.717) is 0 Å². The van der Waals surface area contributed by atoms with Gasteiger partial charge in [-0.3, -0.25) is 9.52 Å². The molecule has 10 heteroatoms. The zero-order valence-electron chi connectivity index (χ0n) is 16.6. The quantitative estimate of drug-likeness (QED) is 0.397. The number of carbonyl (C=O) groups excluding carboxylic acids is 1. The van der Waals surface area contributed by atoms with Crippen molar-refractivity contribution in [3.63, 3.8) is 0 Å². The summed E-state index contributed by atoms with van der Waals surface area (Å²) in [5, 5.41) is 3.35. The molecule has 2 N–H and O–H groups in total. The lowest BCUT2D eigenvalue weighted by molar-refractivity contribution is -0.121. The maximum absolute atomic E-state index is 13.8. The van der Waals surface area contributed by atoms with E-state index in [2.05, 4.69) is 15.0 Å². The highest BCUT2D eigenvalue weighted by atomic mass is 32.2. The molecule has 0 radical (unpaired) electrons. The third-order valence-corrected chi connectivity index (χ3v) is 6.72. The first-order valence-corrected chi connectivity index (χ1v) is 11.8. The van der Waals surface area contributed by atoms with Gasteiger partial charge >= 0.3 is 0 Å². The molecule has 4 rings (SSSR count). The molecule has 0 aliphatic rings. The summed E-state index contributed by atoms with van der Waals surface area (Å²) in [5.74, 6) is -1.13. The van der Waals surface area contributed by atoms with Gasteiger partial charge in [0.15, 0.2) is 0 Å². The summed E-state index contributed by atoms with van der Waals surface area (Å²) in [4.78, 5) is 16.5. The first-order chi connectivity index (χ1) is 15.4. The van der Waals surface area contributed by atoms with Crippen molar-refractivity contribution in [1.82, 2.24) is 4.98 Å². The SMILES string of the molecule is O=C(COCc1nc2ccccc2s1)Nc1cccc(S(=O)(=O)Nc2ccccc2F)c1. The second-order valence-corrected chi connectivity index (χ2v) is 9.53. The normalized spacial score (nSPS) is 11.4. The fraction of sp³-hybridized carbons (Fsp3) is 0.0909. The Morgan fingerprint density at radius 3 is 2.62 bits per heavy atom. The molecule has 1 amide bonds. The second kappa shape index (κ2) is 9.43. The first-order valence-electron chi connectivity index (χ1n) is 9.50. The number of aromatic nitrogens is 1. The van der Waals surface area contributed by atoms with Gasteiger partial charge in [-0.15, -0.1) is 11.3 Å². The van der Waals surface area contributed by atoms with Crippen molar-refractivity contribution in [2.75, 3.05) is 16.6 Å². The summed E-state index contributed by atoms with van der Waals surface area (Å²) >= 11 is 1.49. The van der Waals surface area contributed by atoms with E-state index in [1.54, 1.807) is 6.07 Å². The third kappa shape index (κ3) is 5.28. The molecule has 0 aliphatic carbocycles. The van der Waals surface area contributed by atoms with E-state index in [1.165, 1.54) is 47.7 Å². The number of benzene rings is 3. The van der Waals surface area contributed by atoms with E-state index in [4.69, 9.17) is 4.74 Å². The molecule has 0 atom stereocenters. The Kier molecular flexibility index (Phi) is 6.45. The van der Waals surface area contributed by atoms with Crippen molar-refractivity contribution in [2.24, 2.45) is 0 Å². The van der Waals surface area contributed by atoms with E-state index in [-0.39, 0.29) is 29.5 Å². The van der Waals surface area contributed by atoms with Crippen LogP contribution in [-0.2, 0) is 26.2 Å². The zero-order chi connectivity index (χ0) is 22.6. The minimum absolute atomic E-state index is 0.117. The van der Waals surface area contributed by atoms with Crippen molar-refractivity contribution in [1.29, 1.82) is 0 Å². The van der Waals surface area contributed by atoms with Crippen LogP contribution < -0.4 is 10.0 Å². The smallest absolute Gasteiger partial charge is 0.262 e. The molecule has 0 saturated carbocycles. The number of fused-ring (bicyclic) bond motifs is 1. The lowest BCUT2D eigenvalue weighted by Gasteiger charge is -2.11. The average Bonchev–Trinajstić information content (AvgIpc) is 3.18. The maximum atomic E-state index is 13.8. The van der Waals surface area contributed by atoms with Gasteiger partial charge in [0.2, 0.25) is 5.91 Å². The number of para-hydroxylation sites is 2. The Morgan fingerprint density at radius 1 is 1.03 bits per heavy atom. The number of anilines is 2. The molecular formula is C22H18FN3O4S2. The van der Waals surface area contributed by atoms with E-state index >= 15 is 0 Å². The maximum Gasteiger partial charge on any atom is 0.262 e. The van der Waals surface area contributed by atoms with Crippen LogP contribution in [0.15, 0.2) is 77.7 Å². The number of carbonyl (C=O) groups is 1. The molecule has 0 aliphatic heterocycles. The van der Waals surface area contributed by atoms with Crippen LogP contribution in [0.3, 0.4) is 0 Å². The van der Waals surface area contributed by atoms with Crippen molar-refractivity contribution < 1.29 is 22.3 Å². The zero-order valence-corrected chi connectivity index (χ0v) is 18.3. The van der Waals surface area contributed by atoms with Crippen molar-refractivity contribution in [2.45, 2.75) is 11.5 Å². The lowest BCUT2D eigenvalue weighted by atomic mass is 10.3. The number of thiazole rings is 1. The largest absolute Gasteiger partial charge is 0.364 e. The van der Waals surface area contributed by atoms with Crippen molar-refractivity contribution in [3.8, 4) is 0 Å². The molecule has 0 saturated heterocycles. The first kappa shape index (κ1) is 21.9. The Balaban J connectivity index is 1.35. The van der Waals surface area contributed by atoms with Crippen LogP contribution in [-0.4, -0.2) is 25.9 Å². The number of hydrogen-bond donors (Lipinski definition) is 2. The molecule has 32 heavy (non-hydrogen) atoms. The Labute approximate surface area is 187 Å². The van der Waals surface area contributed by atoms with E-state index in [9.17, 15) is 17.6 Å². The molecule has 3 aromatic carbocycles. The van der Waals surface area contributed by atoms with Crippen LogP contribution in [0.2, 0.25) is 0 Å². The standard InChI is InChI=1S/C22H18FN3O4S2/c23-17-8-1-2-9-18(17)26-32(28,29)16-7-5-6-15(12-16)24-21(27)13-30-14-22-25-19-10-3-4-11-20(19)31-22/h1-12,26H,13-14H2,(H,24,27). The molecular weight excluding hydrogens is 453 g/mol. The Bertz CT molecular complexity index is 1340. The monoisotopic (exact) mass is 471 g/mol. The van der Waals surface area contributed by atoms with Crippen LogP contribution in [0.25, 0.3) is 10.2 Å². The summed E-state index contributed by atoms with van der Waals surface area (Å²) in [6, 6.07) is 18.8. The summed E-state index contributed by atoms with van der Waals surface area (Å²) in [5.41, 5.74) is 0.989. The Hall–Kier alpha value is -3.34. The topological polar surface area (TPSA) is 97.4 Å². The van der Waals surface area contributed by atoms with Gasteiger partial charge in [-0.1, -0.05) is 30.3 Å². The molecule has 1 aromatic heterocycles. The lowest BCUT2D eigenvalue weighted by Crippen LogP contribution is -2.19. The van der Waals surface area contributed by atoms with Gasteiger partial charge in [0.25, 0.3) is 10.0 Å². The molecule has 7 nitrogen and oxygen atoms in total. The molecule has 0 bridgehead atoms. The van der Waals surface area contributed by atoms with Crippen LogP contribution >= 0.6 is 11.3 Å². The Morgan fingerprint density at radius 2 is 1.81 bits per heavy atom. The van der Waals surface area contributed by atoms with E-state index in [1.807, 2.05) is 24.3 Å². The highest BCUT2D eigenvalue weighted by Crippen LogP contribution is 2.23. The predicted octanol–water partition coefficient (Wildman–Crippen LogP) is 4.39. The second-order valence-electron chi connectivity index (χ2n) is 6.73. The third-order valence-electron chi connectivity index (χ3n) is 4.34. The van der Waals surface area contributed by atoms with Gasteiger partial charge in [0, 0.05) is 5.69 Å². The number of halogens is 1. The van der Waals surface area contributed by atoms with Gasteiger partial charge in [-0.25, -0.2) is 17.8 Å². The fourth-order valence-corrected chi connectivity index (χ4v) is 4.92. The molecule has 0 fully saturated rings. The van der Waals surface area contributed by atoms with Gasteiger partial charge in [0.05, 0.1) is 27.4 Å². The number of hydrogen-bond acceptors (Lipinski definition) is 6. The molecule has 0 unspecified atom stereocenters. The minimum Gasteiger partial charge on any atom is -0.364 e. The number of nitrogens with one attached hydrogen (secondary N) is 2. The number of nitrogens with zero attached hydrogens (tertiary/aromatic N) is 1. The van der Waals surface area contributed by atoms with Crippen molar-refractivity contribution >= 4 is 48.9 Å². The number of amides is 1. The van der Waals surface area contributed by atoms with Crippen molar-refractivity contribution in [3.05, 3.63) is 83.6 Å². The number of sulfonamides is 1. The average molecular weight is 472 g/mol. The van der Waals surface area contributed by atoms with E-state index in [0.717, 1.165) is 21.3 Å². The fourth-order valence-electron chi connectivity index (χ4n) is 2.90. The van der Waals surface area contributed by atoms with Gasteiger partial charge < -0.3 is 10.1 Å². The highest BCUT2D eigenvalue weighted by molar-refractivity contribution is 7.92. The van der Waals surface area contributed by atoms with Crippen LogP contribution in [0, 0.1) is 5.82 Å². The van der Waals surface area contributed by atoms with Crippen LogP contribution in [0.4, 0.5) is 15.8 Å². The molecule has 4 aromatic rings. The summed E-state index contributed by atoms with van der Waals surface area (Å²) < 4.78 is 47.6. The predicted molar refractivity (Wildman–Crippen MR) is 122 cm³/mol. The van der Waals surface area contributed by atoms with Crippen LogP contribution in [0.1, 0.15) is 5.01 Å². The summed E-state index contributed by atoms with van der Waals surface area (Å²) in [6.07, 6.45) is 0. The van der Waals surface area contributed by atoms with Gasteiger partial charge in [0.1, 0.15) is 17.4 Å². The molecule has 164 valence electrons. The molecule has 1 heterocycles. The number of rotatable bonds is 8. The number of ether oxygens (including phenoxy) is 1.